The van der Waals surface area contributed by atoms with E-state index in [4.69, 9.17) is 4.74 Å². The molecule has 1 aromatic carbocycles. The predicted molar refractivity (Wildman–Crippen MR) is 138 cm³/mol. The third kappa shape index (κ3) is 5.88. The second-order valence-electron chi connectivity index (χ2n) is 10.6. The molecule has 16 heteroatoms. The summed E-state index contributed by atoms with van der Waals surface area (Å²) in [5.74, 6) is -7.52. The van der Waals surface area contributed by atoms with Crippen LogP contribution in [0.2, 0.25) is 0 Å². The Kier molecular flexibility index (Phi) is 8.57. The fourth-order valence-corrected chi connectivity index (χ4v) is 6.95. The lowest BCUT2D eigenvalue weighted by atomic mass is 9.79. The number of aliphatic hydroxyl groups is 4. The van der Waals surface area contributed by atoms with Gasteiger partial charge < -0.3 is 25.2 Å². The molecule has 3 aromatic rings. The van der Waals surface area contributed by atoms with E-state index in [9.17, 15) is 42.4 Å². The molecule has 2 aromatic heterocycles. The normalized spacial score (nSPS) is 28.0. The van der Waals surface area contributed by atoms with Gasteiger partial charge in [-0.2, -0.15) is 10.2 Å². The van der Waals surface area contributed by atoms with Crippen molar-refractivity contribution in [3.63, 3.8) is 0 Å². The maximum atomic E-state index is 14.0. The van der Waals surface area contributed by atoms with Gasteiger partial charge in [0, 0.05) is 24.6 Å². The van der Waals surface area contributed by atoms with Crippen LogP contribution in [0.5, 0.6) is 0 Å². The lowest BCUT2D eigenvalue weighted by molar-refractivity contribution is -0.179. The second kappa shape index (κ2) is 11.7. The number of hydrogen-bond donors (Lipinski definition) is 4. The van der Waals surface area contributed by atoms with Crippen LogP contribution in [0, 0.1) is 24.4 Å². The van der Waals surface area contributed by atoms with E-state index in [0.29, 0.717) is 17.7 Å². The summed E-state index contributed by atoms with van der Waals surface area (Å²) in [6.45, 7) is 1.01. The molecule has 228 valence electrons. The molecular formula is C26H28F5N5O5S. The molecule has 0 unspecified atom stereocenters. The van der Waals surface area contributed by atoms with Crippen LogP contribution in [-0.4, -0.2) is 87.5 Å². The Morgan fingerprint density at radius 3 is 2.36 bits per heavy atom. The van der Waals surface area contributed by atoms with E-state index in [1.165, 1.54) is 12.4 Å². The average Bonchev–Trinajstić information content (AvgIpc) is 3.43. The van der Waals surface area contributed by atoms with E-state index < -0.39 is 83.5 Å². The fourth-order valence-electron chi connectivity index (χ4n) is 5.31. The molecule has 6 atom stereocenters. The molecule has 1 saturated carbocycles. The van der Waals surface area contributed by atoms with Crippen molar-refractivity contribution in [2.24, 2.45) is 0 Å². The smallest absolute Gasteiger partial charge is 0.248 e. The van der Waals surface area contributed by atoms with Crippen LogP contribution in [0.4, 0.5) is 22.0 Å². The van der Waals surface area contributed by atoms with Gasteiger partial charge in [-0.05, 0) is 43.5 Å². The van der Waals surface area contributed by atoms with Gasteiger partial charge in [-0.25, -0.2) is 26.6 Å². The maximum absolute atomic E-state index is 14.0. The molecular weight excluding hydrogens is 589 g/mol. The number of aliphatic hydroxyl groups excluding tert-OH is 3. The predicted octanol–water partition coefficient (Wildman–Crippen LogP) is 2.86. The first-order chi connectivity index (χ1) is 19.8. The molecule has 0 radical (unpaired) electrons. The first kappa shape index (κ1) is 30.7. The molecule has 2 fully saturated rings. The summed E-state index contributed by atoms with van der Waals surface area (Å²) in [5.41, 5.74) is -2.32. The molecule has 1 saturated heterocycles. The van der Waals surface area contributed by atoms with Crippen molar-refractivity contribution in [1.29, 1.82) is 0 Å². The molecule has 10 nitrogen and oxygen atoms in total. The number of rotatable bonds is 7. The van der Waals surface area contributed by atoms with E-state index in [-0.39, 0.29) is 29.8 Å². The molecule has 2 aliphatic rings. The molecule has 1 aliphatic carbocycles. The van der Waals surface area contributed by atoms with Crippen LogP contribution < -0.4 is 0 Å². The zero-order chi connectivity index (χ0) is 30.4. The van der Waals surface area contributed by atoms with Crippen molar-refractivity contribution in [2.75, 3.05) is 6.61 Å². The van der Waals surface area contributed by atoms with Crippen LogP contribution in [0.1, 0.15) is 48.2 Å². The Labute approximate surface area is 240 Å². The fraction of sp³-hybridized carbons (Fsp3) is 0.538. The summed E-state index contributed by atoms with van der Waals surface area (Å²) in [6.07, 6.45) is -3.48. The molecule has 0 spiro atoms. The van der Waals surface area contributed by atoms with Crippen molar-refractivity contribution in [1.82, 2.24) is 25.2 Å². The summed E-state index contributed by atoms with van der Waals surface area (Å²) in [4.78, 5) is 0. The first-order valence-electron chi connectivity index (χ1n) is 13.1. The van der Waals surface area contributed by atoms with Crippen LogP contribution in [0.15, 0.2) is 30.6 Å². The van der Waals surface area contributed by atoms with Crippen LogP contribution >= 0.6 is 11.8 Å². The van der Waals surface area contributed by atoms with Crippen LogP contribution in [0.3, 0.4) is 0 Å². The average molecular weight is 618 g/mol. The zero-order valence-corrected chi connectivity index (χ0v) is 22.9. The summed E-state index contributed by atoms with van der Waals surface area (Å²) < 4.78 is 76.0. The van der Waals surface area contributed by atoms with Gasteiger partial charge in [0.05, 0.1) is 29.3 Å². The highest BCUT2D eigenvalue weighted by Crippen LogP contribution is 2.52. The Bertz CT molecular complexity index is 1400. The topological polar surface area (TPSA) is 147 Å². The van der Waals surface area contributed by atoms with Crippen molar-refractivity contribution in [3.05, 3.63) is 59.3 Å². The number of benzene rings is 1. The van der Waals surface area contributed by atoms with E-state index in [1.807, 2.05) is 0 Å². The highest BCUT2D eigenvalue weighted by molar-refractivity contribution is 8.00. The van der Waals surface area contributed by atoms with Crippen molar-refractivity contribution in [3.8, 4) is 11.3 Å². The zero-order valence-electron chi connectivity index (χ0n) is 22.1. The molecule has 0 amide bonds. The molecule has 3 heterocycles. The maximum Gasteiger partial charge on any atom is 0.248 e. The number of aryl methyl sites for hydroxylation is 1. The number of alkyl halides is 2. The lowest BCUT2D eigenvalue weighted by Crippen LogP contribution is -2.55. The Hall–Kier alpha value is -2.76. The molecule has 5 rings (SSSR count). The van der Waals surface area contributed by atoms with E-state index in [1.54, 1.807) is 13.0 Å². The van der Waals surface area contributed by atoms with E-state index in [0.717, 1.165) is 16.4 Å². The van der Waals surface area contributed by atoms with Crippen molar-refractivity contribution < 1.29 is 47.1 Å². The number of nitrogens with zero attached hydrogens (tertiary/aromatic N) is 5. The first-order valence-corrected chi connectivity index (χ1v) is 14.0. The minimum atomic E-state index is -2.95. The van der Waals surface area contributed by atoms with Gasteiger partial charge in [-0.3, -0.25) is 0 Å². The highest BCUT2D eigenvalue weighted by Gasteiger charge is 2.52. The van der Waals surface area contributed by atoms with E-state index in [2.05, 4.69) is 20.5 Å². The summed E-state index contributed by atoms with van der Waals surface area (Å²) in [7, 11) is 0. The Morgan fingerprint density at radius 1 is 1.07 bits per heavy atom. The Morgan fingerprint density at radius 2 is 1.74 bits per heavy atom. The summed E-state index contributed by atoms with van der Waals surface area (Å²) in [5, 5.41) is 58.7. The van der Waals surface area contributed by atoms with Crippen molar-refractivity contribution >= 4 is 11.8 Å². The third-order valence-corrected chi connectivity index (χ3v) is 9.35. The summed E-state index contributed by atoms with van der Waals surface area (Å²) >= 11 is 0.881. The number of ether oxygens (including phenoxy) is 1. The van der Waals surface area contributed by atoms with Gasteiger partial charge in [0.15, 0.2) is 17.5 Å². The number of aromatic nitrogens is 5. The molecule has 4 N–H and O–H groups in total. The molecule has 42 heavy (non-hydrogen) atoms. The second-order valence-corrected chi connectivity index (χ2v) is 11.8. The van der Waals surface area contributed by atoms with Gasteiger partial charge in [-0.15, -0.1) is 16.9 Å². The van der Waals surface area contributed by atoms with Gasteiger partial charge >= 0.3 is 0 Å². The number of halogens is 5. The highest BCUT2D eigenvalue weighted by atomic mass is 32.2. The largest absolute Gasteiger partial charge is 0.394 e. The minimum absolute atomic E-state index is 0.103. The minimum Gasteiger partial charge on any atom is -0.394 e. The number of hydrogen-bond acceptors (Lipinski definition) is 10. The van der Waals surface area contributed by atoms with Gasteiger partial charge in [-0.1, -0.05) is 5.21 Å². The van der Waals surface area contributed by atoms with Gasteiger partial charge in [0.25, 0.3) is 0 Å². The Balaban J connectivity index is 1.47. The molecule has 0 bridgehead atoms. The van der Waals surface area contributed by atoms with Crippen LogP contribution in [0.25, 0.3) is 11.3 Å². The summed E-state index contributed by atoms with van der Waals surface area (Å²) in [6, 6.07) is 1.73. The van der Waals surface area contributed by atoms with Crippen molar-refractivity contribution in [2.45, 2.75) is 79.2 Å². The van der Waals surface area contributed by atoms with E-state index >= 15 is 0 Å². The van der Waals surface area contributed by atoms with Gasteiger partial charge in [0.1, 0.15) is 35.5 Å². The van der Waals surface area contributed by atoms with Gasteiger partial charge in [0.2, 0.25) is 5.92 Å². The quantitative estimate of drug-likeness (QED) is 0.231. The third-order valence-electron chi connectivity index (χ3n) is 7.76. The standard InChI is InChI=1S/C26H28F5N5O5S/c1-12-2-7-32-34-19(12)23(25(40)3-5-26(30,31)6-4-25)42-24-22(39)20(21(38)17(11-37)41-24)36-10-16(33-35-36)13-8-14(27)18(29)15(28)9-13/h2,7-10,17,20-24,37-40H,3-6,11H2,1H3/t17-,20+,21+,22-,23+,24+/m1/s1. The lowest BCUT2D eigenvalue weighted by Gasteiger charge is -2.46. The van der Waals surface area contributed by atoms with Crippen LogP contribution in [-0.2, 0) is 4.74 Å². The monoisotopic (exact) mass is 617 g/mol. The SMILES string of the molecule is Cc1ccnnc1[C@H](S[C@@H]1O[C@H](CO)[C@H](O)[C@H](n2cc(-c3cc(F)c(F)c(F)c3)nn2)[C@H]1O)C1(O)CCC(F)(F)CC1. The number of thioether (sulfide) groups is 1. The molecule has 1 aliphatic heterocycles.